The van der Waals surface area contributed by atoms with Crippen LogP contribution in [0.1, 0.15) is 16.3 Å². The third kappa shape index (κ3) is 5.46. The molecular weight excluding hydrogens is 370 g/mol. The van der Waals surface area contributed by atoms with Gasteiger partial charge in [0.15, 0.2) is 0 Å². The van der Waals surface area contributed by atoms with E-state index >= 15 is 0 Å². The molecule has 1 N–H and O–H groups in total. The van der Waals surface area contributed by atoms with Crippen LogP contribution in [-0.2, 0) is 11.4 Å². The fraction of sp³-hybridized carbons (Fsp3) is 0.100. The Labute approximate surface area is 159 Å². The normalized spacial score (nSPS) is 10.9. The summed E-state index contributed by atoms with van der Waals surface area (Å²) in [6, 6.07) is 10.2. The lowest BCUT2D eigenvalue weighted by Gasteiger charge is -2.05. The van der Waals surface area contributed by atoms with Crippen molar-refractivity contribution in [1.82, 2.24) is 4.98 Å². The van der Waals surface area contributed by atoms with Crippen molar-refractivity contribution >= 4 is 29.0 Å². The second kappa shape index (κ2) is 8.55. The van der Waals surface area contributed by atoms with E-state index in [4.69, 9.17) is 4.74 Å². The van der Waals surface area contributed by atoms with Gasteiger partial charge >= 0.3 is 0 Å². The minimum Gasteiger partial charge on any atom is -0.487 e. The predicted molar refractivity (Wildman–Crippen MR) is 102 cm³/mol. The maximum atomic E-state index is 13.6. The lowest BCUT2D eigenvalue weighted by atomic mass is 10.2. The first-order chi connectivity index (χ1) is 13.0. The van der Waals surface area contributed by atoms with Gasteiger partial charge in [0.2, 0.25) is 5.91 Å². The van der Waals surface area contributed by atoms with Crippen LogP contribution < -0.4 is 10.1 Å². The summed E-state index contributed by atoms with van der Waals surface area (Å²) < 4.78 is 32.1. The maximum Gasteiger partial charge on any atom is 0.248 e. The summed E-state index contributed by atoms with van der Waals surface area (Å²) in [4.78, 5) is 16.3. The molecule has 1 amide bonds. The van der Waals surface area contributed by atoms with E-state index in [0.717, 1.165) is 22.3 Å². The number of rotatable bonds is 6. The van der Waals surface area contributed by atoms with E-state index in [2.05, 4.69) is 10.3 Å². The first kappa shape index (κ1) is 18.7. The molecule has 0 aliphatic carbocycles. The largest absolute Gasteiger partial charge is 0.487 e. The summed E-state index contributed by atoms with van der Waals surface area (Å²) in [6.45, 7) is 2.30. The zero-order valence-electron chi connectivity index (χ0n) is 14.4. The summed E-state index contributed by atoms with van der Waals surface area (Å²) in [5.74, 6) is -1.41. The minimum atomic E-state index is -0.829. The summed E-state index contributed by atoms with van der Waals surface area (Å²) in [5.41, 5.74) is 1.53. The van der Waals surface area contributed by atoms with Gasteiger partial charge < -0.3 is 10.1 Å². The van der Waals surface area contributed by atoms with E-state index in [1.807, 2.05) is 24.4 Å². The van der Waals surface area contributed by atoms with Gasteiger partial charge in [-0.25, -0.2) is 13.8 Å². The summed E-state index contributed by atoms with van der Waals surface area (Å²) in [6.07, 6.45) is 2.85. The fourth-order valence-electron chi connectivity index (χ4n) is 2.28. The molecule has 0 aliphatic heterocycles. The number of benzene rings is 2. The van der Waals surface area contributed by atoms with Crippen LogP contribution >= 0.6 is 11.3 Å². The number of halogens is 2. The fourth-order valence-corrected chi connectivity index (χ4v) is 2.87. The Morgan fingerprint density at radius 1 is 1.26 bits per heavy atom. The molecule has 1 heterocycles. The monoisotopic (exact) mass is 386 g/mol. The van der Waals surface area contributed by atoms with E-state index < -0.39 is 17.5 Å². The highest BCUT2D eigenvalue weighted by Gasteiger charge is 2.06. The molecule has 0 saturated carbocycles. The standard InChI is InChI=1S/C20H16F2N2O2S/c1-13-23-16(12-27-13)11-26-17-4-2-3-14(9-17)5-8-20(25)24-19-7-6-15(21)10-18(19)22/h2-10,12H,11H2,1H3,(H,24,25)/b8-5-. The SMILES string of the molecule is Cc1nc(COc2cccc(/C=C\C(=O)Nc3ccc(F)cc3F)c2)cs1. The lowest BCUT2D eigenvalue weighted by Crippen LogP contribution is -2.09. The summed E-state index contributed by atoms with van der Waals surface area (Å²) in [5, 5.41) is 5.29. The van der Waals surface area contributed by atoms with Gasteiger partial charge in [0.25, 0.3) is 0 Å². The van der Waals surface area contributed by atoms with Gasteiger partial charge in [0, 0.05) is 17.5 Å². The average molecular weight is 386 g/mol. The quantitative estimate of drug-likeness (QED) is 0.609. The van der Waals surface area contributed by atoms with Crippen molar-refractivity contribution in [2.75, 3.05) is 5.32 Å². The molecule has 3 rings (SSSR count). The molecule has 4 nitrogen and oxygen atoms in total. The predicted octanol–water partition coefficient (Wildman–Crippen LogP) is 4.96. The molecule has 0 unspecified atom stereocenters. The highest BCUT2D eigenvalue weighted by molar-refractivity contribution is 7.09. The van der Waals surface area contributed by atoms with Crippen molar-refractivity contribution in [3.63, 3.8) is 0 Å². The van der Waals surface area contributed by atoms with Crippen molar-refractivity contribution in [3.8, 4) is 5.75 Å². The summed E-state index contributed by atoms with van der Waals surface area (Å²) in [7, 11) is 0. The van der Waals surface area contributed by atoms with Gasteiger partial charge in [0.05, 0.1) is 16.4 Å². The number of aromatic nitrogens is 1. The molecule has 0 spiro atoms. The minimum absolute atomic E-state index is 0.0818. The number of nitrogens with one attached hydrogen (secondary N) is 1. The van der Waals surface area contributed by atoms with Crippen LogP contribution in [0, 0.1) is 18.6 Å². The molecule has 0 bridgehead atoms. The number of hydrogen-bond donors (Lipinski definition) is 1. The van der Waals surface area contributed by atoms with Crippen LogP contribution in [0.4, 0.5) is 14.5 Å². The number of ether oxygens (including phenoxy) is 1. The van der Waals surface area contributed by atoms with Crippen molar-refractivity contribution in [2.45, 2.75) is 13.5 Å². The first-order valence-electron chi connectivity index (χ1n) is 8.07. The molecule has 0 aliphatic rings. The van der Waals surface area contributed by atoms with Crippen LogP contribution in [0.3, 0.4) is 0 Å². The van der Waals surface area contributed by atoms with Crippen molar-refractivity contribution in [3.05, 3.63) is 81.8 Å². The van der Waals surface area contributed by atoms with Crippen molar-refractivity contribution in [1.29, 1.82) is 0 Å². The van der Waals surface area contributed by atoms with Gasteiger partial charge in [-0.3, -0.25) is 4.79 Å². The van der Waals surface area contributed by atoms with Crippen LogP contribution in [0.2, 0.25) is 0 Å². The molecule has 7 heteroatoms. The highest BCUT2D eigenvalue weighted by atomic mass is 32.1. The summed E-state index contributed by atoms with van der Waals surface area (Å²) >= 11 is 1.56. The zero-order chi connectivity index (χ0) is 19.2. The molecule has 0 saturated heterocycles. The maximum absolute atomic E-state index is 13.6. The first-order valence-corrected chi connectivity index (χ1v) is 8.95. The third-order valence-electron chi connectivity index (χ3n) is 3.53. The number of aryl methyl sites for hydroxylation is 1. The molecule has 0 fully saturated rings. The number of nitrogens with zero attached hydrogens (tertiary/aromatic N) is 1. The molecule has 0 radical (unpaired) electrons. The molecular formula is C20H16F2N2O2S. The number of carbonyl (C=O) groups is 1. The lowest BCUT2D eigenvalue weighted by molar-refractivity contribution is -0.111. The van der Waals surface area contributed by atoms with Crippen molar-refractivity contribution < 1.29 is 18.3 Å². The number of hydrogen-bond acceptors (Lipinski definition) is 4. The number of thiazole rings is 1. The Morgan fingerprint density at radius 3 is 2.85 bits per heavy atom. The van der Waals surface area contributed by atoms with Crippen molar-refractivity contribution in [2.24, 2.45) is 0 Å². The molecule has 1 aromatic heterocycles. The van der Waals surface area contributed by atoms with Crippen LogP contribution in [-0.4, -0.2) is 10.9 Å². The molecule has 27 heavy (non-hydrogen) atoms. The van der Waals surface area contributed by atoms with Gasteiger partial charge in [0.1, 0.15) is 24.0 Å². The third-order valence-corrected chi connectivity index (χ3v) is 4.35. The van der Waals surface area contributed by atoms with Gasteiger partial charge in [-0.1, -0.05) is 12.1 Å². The second-order valence-electron chi connectivity index (χ2n) is 5.67. The van der Waals surface area contributed by atoms with E-state index in [1.165, 1.54) is 12.1 Å². The van der Waals surface area contributed by atoms with Gasteiger partial charge in [-0.15, -0.1) is 11.3 Å². The van der Waals surface area contributed by atoms with E-state index in [0.29, 0.717) is 18.4 Å². The second-order valence-corrected chi connectivity index (χ2v) is 6.73. The number of carbonyl (C=O) groups excluding carboxylic acids is 1. The average Bonchev–Trinajstić information content (AvgIpc) is 3.06. The Hall–Kier alpha value is -3.06. The van der Waals surface area contributed by atoms with E-state index in [1.54, 1.807) is 29.5 Å². The molecule has 3 aromatic rings. The van der Waals surface area contributed by atoms with Crippen LogP contribution in [0.5, 0.6) is 5.75 Å². The van der Waals surface area contributed by atoms with E-state index in [-0.39, 0.29) is 5.69 Å². The number of anilines is 1. The van der Waals surface area contributed by atoms with Crippen LogP contribution in [0.25, 0.3) is 6.08 Å². The Morgan fingerprint density at radius 2 is 2.11 bits per heavy atom. The molecule has 0 atom stereocenters. The smallest absolute Gasteiger partial charge is 0.248 e. The Balaban J connectivity index is 1.60. The van der Waals surface area contributed by atoms with Crippen LogP contribution in [0.15, 0.2) is 53.9 Å². The van der Waals surface area contributed by atoms with Gasteiger partial charge in [-0.05, 0) is 42.8 Å². The van der Waals surface area contributed by atoms with Gasteiger partial charge in [-0.2, -0.15) is 0 Å². The topological polar surface area (TPSA) is 51.2 Å². The molecule has 2 aromatic carbocycles. The number of amides is 1. The zero-order valence-corrected chi connectivity index (χ0v) is 15.2. The Kier molecular flexibility index (Phi) is 5.93. The Bertz CT molecular complexity index is 986. The highest BCUT2D eigenvalue weighted by Crippen LogP contribution is 2.18. The van der Waals surface area contributed by atoms with E-state index in [9.17, 15) is 13.6 Å². The molecule has 138 valence electrons.